The SMILES string of the molecule is Cc1cc(CN2CCCCC2)cnc1C(=O)Nc1cccc(-c2ccccc2)c1C.O=CO. The summed E-state index contributed by atoms with van der Waals surface area (Å²) in [5.74, 6) is -0.162. The van der Waals surface area contributed by atoms with Gasteiger partial charge in [-0.05, 0) is 73.7 Å². The summed E-state index contributed by atoms with van der Waals surface area (Å²) in [7, 11) is 0. The molecule has 0 spiro atoms. The molecule has 1 fully saturated rings. The highest BCUT2D eigenvalue weighted by molar-refractivity contribution is 6.04. The number of carboxylic acid groups (broad SMARTS) is 1. The van der Waals surface area contributed by atoms with Crippen molar-refractivity contribution >= 4 is 18.1 Å². The summed E-state index contributed by atoms with van der Waals surface area (Å²) >= 11 is 0. The molecule has 2 aromatic carbocycles. The zero-order valence-corrected chi connectivity index (χ0v) is 19.3. The van der Waals surface area contributed by atoms with Crippen LogP contribution in [0.2, 0.25) is 0 Å². The van der Waals surface area contributed by atoms with E-state index in [4.69, 9.17) is 9.90 Å². The first-order valence-corrected chi connectivity index (χ1v) is 11.3. The minimum absolute atomic E-state index is 0.162. The molecule has 0 atom stereocenters. The summed E-state index contributed by atoms with van der Waals surface area (Å²) in [6.07, 6.45) is 5.73. The molecule has 0 aliphatic carbocycles. The number of nitrogens with zero attached hydrogens (tertiary/aromatic N) is 2. The average molecular weight is 446 g/mol. The van der Waals surface area contributed by atoms with Crippen molar-refractivity contribution in [3.8, 4) is 11.1 Å². The van der Waals surface area contributed by atoms with Crippen molar-refractivity contribution in [1.29, 1.82) is 0 Å². The van der Waals surface area contributed by atoms with Crippen LogP contribution in [-0.4, -0.2) is 40.5 Å². The zero-order chi connectivity index (χ0) is 23.6. The molecular weight excluding hydrogens is 414 g/mol. The van der Waals surface area contributed by atoms with Gasteiger partial charge in [-0.3, -0.25) is 19.5 Å². The van der Waals surface area contributed by atoms with Crippen molar-refractivity contribution in [3.63, 3.8) is 0 Å². The Balaban J connectivity index is 0.000000968. The third kappa shape index (κ3) is 6.49. The molecule has 4 rings (SSSR count). The predicted molar refractivity (Wildman–Crippen MR) is 131 cm³/mol. The number of amides is 1. The second-order valence-corrected chi connectivity index (χ2v) is 8.25. The largest absolute Gasteiger partial charge is 0.483 e. The number of anilines is 1. The fourth-order valence-electron chi connectivity index (χ4n) is 4.22. The van der Waals surface area contributed by atoms with Gasteiger partial charge in [-0.1, -0.05) is 55.0 Å². The lowest BCUT2D eigenvalue weighted by atomic mass is 9.99. The first kappa shape index (κ1) is 24.1. The van der Waals surface area contributed by atoms with Crippen LogP contribution in [0.1, 0.15) is 46.4 Å². The number of carbonyl (C=O) groups excluding carboxylic acids is 1. The first-order chi connectivity index (χ1) is 16.0. The quantitative estimate of drug-likeness (QED) is 0.521. The van der Waals surface area contributed by atoms with Crippen LogP contribution < -0.4 is 5.32 Å². The van der Waals surface area contributed by atoms with Gasteiger partial charge in [-0.2, -0.15) is 0 Å². The van der Waals surface area contributed by atoms with Gasteiger partial charge < -0.3 is 10.4 Å². The average Bonchev–Trinajstić information content (AvgIpc) is 2.82. The highest BCUT2D eigenvalue weighted by atomic mass is 16.3. The van der Waals surface area contributed by atoms with E-state index in [1.807, 2.05) is 50.4 Å². The molecule has 0 radical (unpaired) electrons. The summed E-state index contributed by atoms with van der Waals surface area (Å²) in [5.41, 5.74) is 6.71. The van der Waals surface area contributed by atoms with Crippen LogP contribution in [0.5, 0.6) is 0 Å². The van der Waals surface area contributed by atoms with Crippen LogP contribution in [0.15, 0.2) is 60.8 Å². The van der Waals surface area contributed by atoms with E-state index in [-0.39, 0.29) is 12.4 Å². The summed E-state index contributed by atoms with van der Waals surface area (Å²) in [6.45, 7) is 6.97. The number of benzene rings is 2. The van der Waals surface area contributed by atoms with Gasteiger partial charge in [0.25, 0.3) is 12.4 Å². The van der Waals surface area contributed by atoms with Gasteiger partial charge in [0.1, 0.15) is 5.69 Å². The molecule has 3 aromatic rings. The standard InChI is InChI=1S/C26H29N3O.CH2O2/c1-19-16-21(18-29-14-7-4-8-15-29)17-27-25(19)26(30)28-24-13-9-12-23(20(24)2)22-10-5-3-6-11-22;2-1-3/h3,5-6,9-13,16-17H,4,7-8,14-15,18H2,1-2H3,(H,28,30);1H,(H,2,3). The number of piperidine rings is 1. The van der Waals surface area contributed by atoms with E-state index < -0.39 is 0 Å². The molecular formula is C27H31N3O3. The van der Waals surface area contributed by atoms with E-state index in [0.29, 0.717) is 5.69 Å². The molecule has 1 amide bonds. The van der Waals surface area contributed by atoms with E-state index in [1.165, 1.54) is 24.8 Å². The minimum Gasteiger partial charge on any atom is -0.483 e. The topological polar surface area (TPSA) is 82.5 Å². The van der Waals surface area contributed by atoms with Gasteiger partial charge in [0.15, 0.2) is 0 Å². The highest BCUT2D eigenvalue weighted by Crippen LogP contribution is 2.28. The Kier molecular flexibility index (Phi) is 8.72. The van der Waals surface area contributed by atoms with Gasteiger partial charge >= 0.3 is 0 Å². The number of aryl methyl sites for hydroxylation is 1. The maximum atomic E-state index is 13.0. The van der Waals surface area contributed by atoms with Crippen LogP contribution in [0.4, 0.5) is 5.69 Å². The Morgan fingerprint density at radius 1 is 1.06 bits per heavy atom. The number of pyridine rings is 1. The number of hydrogen-bond acceptors (Lipinski definition) is 4. The van der Waals surface area contributed by atoms with Crippen LogP contribution in [0.25, 0.3) is 11.1 Å². The van der Waals surface area contributed by atoms with Gasteiger partial charge in [-0.25, -0.2) is 0 Å². The lowest BCUT2D eigenvalue weighted by Crippen LogP contribution is -2.29. The Morgan fingerprint density at radius 2 is 1.76 bits per heavy atom. The molecule has 1 aliphatic rings. The summed E-state index contributed by atoms with van der Waals surface area (Å²) in [4.78, 5) is 28.3. The monoisotopic (exact) mass is 445 g/mol. The molecule has 6 nitrogen and oxygen atoms in total. The molecule has 0 unspecified atom stereocenters. The molecule has 1 saturated heterocycles. The molecule has 6 heteroatoms. The predicted octanol–water partition coefficient (Wildman–Crippen LogP) is 5.30. The Labute approximate surface area is 195 Å². The van der Waals surface area contributed by atoms with Crippen molar-refractivity contribution in [1.82, 2.24) is 9.88 Å². The molecule has 172 valence electrons. The lowest BCUT2D eigenvalue weighted by Gasteiger charge is -2.26. The number of nitrogens with one attached hydrogen (secondary N) is 1. The number of hydrogen-bond donors (Lipinski definition) is 2. The van der Waals surface area contributed by atoms with E-state index in [1.54, 1.807) is 0 Å². The van der Waals surface area contributed by atoms with E-state index in [9.17, 15) is 4.79 Å². The number of likely N-dealkylation sites (tertiary alicyclic amines) is 1. The van der Waals surface area contributed by atoms with Gasteiger partial charge in [0, 0.05) is 18.4 Å². The first-order valence-electron chi connectivity index (χ1n) is 11.3. The summed E-state index contributed by atoms with van der Waals surface area (Å²) in [6, 6.07) is 18.3. The highest BCUT2D eigenvalue weighted by Gasteiger charge is 2.16. The summed E-state index contributed by atoms with van der Waals surface area (Å²) in [5, 5.41) is 9.96. The Hall–Kier alpha value is -3.51. The van der Waals surface area contributed by atoms with E-state index in [2.05, 4.69) is 39.5 Å². The molecule has 1 aromatic heterocycles. The molecule has 2 heterocycles. The van der Waals surface area contributed by atoms with Crippen LogP contribution in [0, 0.1) is 13.8 Å². The lowest BCUT2D eigenvalue weighted by molar-refractivity contribution is -0.122. The molecule has 0 bridgehead atoms. The van der Waals surface area contributed by atoms with Gasteiger partial charge in [0.05, 0.1) is 0 Å². The van der Waals surface area contributed by atoms with Crippen LogP contribution in [-0.2, 0) is 11.3 Å². The Morgan fingerprint density at radius 3 is 2.42 bits per heavy atom. The minimum atomic E-state index is -0.250. The van der Waals surface area contributed by atoms with Crippen molar-refractivity contribution in [2.45, 2.75) is 39.7 Å². The zero-order valence-electron chi connectivity index (χ0n) is 19.3. The third-order valence-electron chi connectivity index (χ3n) is 5.87. The van der Waals surface area contributed by atoms with Gasteiger partial charge in [0.2, 0.25) is 0 Å². The molecule has 1 aliphatic heterocycles. The van der Waals surface area contributed by atoms with Crippen molar-refractivity contribution < 1.29 is 14.7 Å². The number of carbonyl (C=O) groups is 2. The van der Waals surface area contributed by atoms with E-state index in [0.717, 1.165) is 47.6 Å². The summed E-state index contributed by atoms with van der Waals surface area (Å²) < 4.78 is 0. The molecule has 33 heavy (non-hydrogen) atoms. The number of aromatic nitrogens is 1. The normalized spacial score (nSPS) is 13.5. The van der Waals surface area contributed by atoms with Crippen molar-refractivity contribution in [2.24, 2.45) is 0 Å². The van der Waals surface area contributed by atoms with Crippen molar-refractivity contribution in [3.05, 3.63) is 83.2 Å². The maximum Gasteiger partial charge on any atom is 0.290 e. The molecule has 2 N–H and O–H groups in total. The van der Waals surface area contributed by atoms with Crippen LogP contribution in [0.3, 0.4) is 0 Å². The van der Waals surface area contributed by atoms with Crippen LogP contribution >= 0.6 is 0 Å². The maximum absolute atomic E-state index is 13.0. The fraction of sp³-hybridized carbons (Fsp3) is 0.296. The third-order valence-corrected chi connectivity index (χ3v) is 5.87. The fourth-order valence-corrected chi connectivity index (χ4v) is 4.22. The number of rotatable bonds is 5. The second-order valence-electron chi connectivity index (χ2n) is 8.25. The smallest absolute Gasteiger partial charge is 0.290 e. The van der Waals surface area contributed by atoms with Gasteiger partial charge in [-0.15, -0.1) is 0 Å². The molecule has 0 saturated carbocycles. The second kappa shape index (κ2) is 11.9. The van der Waals surface area contributed by atoms with E-state index >= 15 is 0 Å². The Bertz CT molecular complexity index is 1080. The van der Waals surface area contributed by atoms with Crippen molar-refractivity contribution in [2.75, 3.05) is 18.4 Å².